The number of nitrogens with one attached hydrogen (secondary N) is 2. The van der Waals surface area contributed by atoms with Crippen molar-refractivity contribution < 1.29 is 4.79 Å². The van der Waals surface area contributed by atoms with Crippen LogP contribution in [0.2, 0.25) is 0 Å². The minimum absolute atomic E-state index is 0.228. The predicted octanol–water partition coefficient (Wildman–Crippen LogP) is 5.12. The van der Waals surface area contributed by atoms with E-state index in [1.165, 1.54) is 18.4 Å². The average Bonchev–Trinajstić information content (AvgIpc) is 3.58. The second-order valence-electron chi connectivity index (χ2n) is 8.96. The number of para-hydroxylation sites is 1. The Morgan fingerprint density at radius 3 is 2.48 bits per heavy atom. The Morgan fingerprint density at radius 1 is 1.03 bits per heavy atom. The third kappa shape index (κ3) is 4.91. The van der Waals surface area contributed by atoms with Crippen molar-refractivity contribution in [2.24, 2.45) is 7.05 Å². The SMILES string of the molecule is CN1CCN(c2cc(NC(=O)Nc3ccccc3C3CC3)cc(-c3c(Br)cnn3C)c2)CC1. The monoisotopic (exact) mass is 508 g/mol. The number of aryl methyl sites for hydroxylation is 1. The molecule has 0 spiro atoms. The van der Waals surface area contributed by atoms with Crippen molar-refractivity contribution in [3.05, 3.63) is 58.7 Å². The highest BCUT2D eigenvalue weighted by molar-refractivity contribution is 9.10. The number of hydrogen-bond acceptors (Lipinski definition) is 4. The molecule has 2 aromatic carbocycles. The van der Waals surface area contributed by atoms with Gasteiger partial charge in [-0.2, -0.15) is 5.10 Å². The van der Waals surface area contributed by atoms with Gasteiger partial charge < -0.3 is 20.4 Å². The third-order valence-electron chi connectivity index (χ3n) is 6.44. The Balaban J connectivity index is 1.43. The fourth-order valence-corrected chi connectivity index (χ4v) is 5.03. The standard InChI is InChI=1S/C25H29BrN6O/c1-30-9-11-32(12-10-30)20-14-18(24-22(26)16-27-31(24)2)13-19(15-20)28-25(33)29-23-6-4-3-5-21(23)17-7-8-17/h3-6,13-17H,7-12H2,1-2H3,(H2,28,29,33). The number of benzene rings is 2. The zero-order chi connectivity index (χ0) is 22.9. The van der Waals surface area contributed by atoms with Gasteiger partial charge in [0.2, 0.25) is 0 Å². The number of carbonyl (C=O) groups excluding carboxylic acids is 1. The van der Waals surface area contributed by atoms with Crippen LogP contribution in [-0.4, -0.2) is 53.9 Å². The van der Waals surface area contributed by atoms with Gasteiger partial charge in [0.05, 0.1) is 16.4 Å². The van der Waals surface area contributed by atoms with Gasteiger partial charge in [0.1, 0.15) is 0 Å². The van der Waals surface area contributed by atoms with E-state index in [1.807, 2.05) is 36.0 Å². The number of rotatable bonds is 5. The highest BCUT2D eigenvalue weighted by Crippen LogP contribution is 2.43. The second kappa shape index (κ2) is 9.19. The number of anilines is 3. The van der Waals surface area contributed by atoms with Gasteiger partial charge in [0.25, 0.3) is 0 Å². The molecule has 0 atom stereocenters. The first kappa shape index (κ1) is 22.0. The fraction of sp³-hybridized carbons (Fsp3) is 0.360. The summed E-state index contributed by atoms with van der Waals surface area (Å²) in [5, 5.41) is 10.5. The predicted molar refractivity (Wildman–Crippen MR) is 137 cm³/mol. The van der Waals surface area contributed by atoms with E-state index >= 15 is 0 Å². The van der Waals surface area contributed by atoms with Crippen molar-refractivity contribution in [1.82, 2.24) is 14.7 Å². The molecule has 3 aromatic rings. The van der Waals surface area contributed by atoms with E-state index < -0.39 is 0 Å². The van der Waals surface area contributed by atoms with Crippen LogP contribution in [-0.2, 0) is 7.05 Å². The van der Waals surface area contributed by atoms with Gasteiger partial charge in [-0.1, -0.05) is 18.2 Å². The molecule has 1 aromatic heterocycles. The fourth-order valence-electron chi connectivity index (χ4n) is 4.45. The normalized spacial score (nSPS) is 16.6. The van der Waals surface area contributed by atoms with E-state index in [0.29, 0.717) is 5.92 Å². The summed E-state index contributed by atoms with van der Waals surface area (Å²) in [5.41, 5.74) is 5.96. The molecule has 8 heteroatoms. The zero-order valence-electron chi connectivity index (χ0n) is 19.0. The van der Waals surface area contributed by atoms with E-state index in [2.05, 4.69) is 66.7 Å². The van der Waals surface area contributed by atoms with Crippen LogP contribution in [0.3, 0.4) is 0 Å². The number of carbonyl (C=O) groups is 1. The average molecular weight is 509 g/mol. The molecule has 33 heavy (non-hydrogen) atoms. The Labute approximate surface area is 202 Å². The van der Waals surface area contributed by atoms with Crippen LogP contribution in [0.25, 0.3) is 11.3 Å². The summed E-state index contributed by atoms with van der Waals surface area (Å²) in [5.74, 6) is 0.566. The molecular formula is C25H29BrN6O. The molecule has 2 fully saturated rings. The molecule has 1 saturated heterocycles. The Bertz CT molecular complexity index is 1140. The summed E-state index contributed by atoms with van der Waals surface area (Å²) < 4.78 is 2.78. The van der Waals surface area contributed by atoms with Crippen molar-refractivity contribution in [1.29, 1.82) is 0 Å². The molecule has 2 amide bonds. The molecule has 2 aliphatic rings. The first-order valence-electron chi connectivity index (χ1n) is 11.4. The molecule has 1 aliphatic heterocycles. The quantitative estimate of drug-likeness (QED) is 0.501. The smallest absolute Gasteiger partial charge is 0.323 e. The van der Waals surface area contributed by atoms with Crippen LogP contribution < -0.4 is 15.5 Å². The number of hydrogen-bond donors (Lipinski definition) is 2. The van der Waals surface area contributed by atoms with E-state index in [-0.39, 0.29) is 6.03 Å². The van der Waals surface area contributed by atoms with Crippen molar-refractivity contribution in [2.75, 3.05) is 48.8 Å². The first-order chi connectivity index (χ1) is 16.0. The van der Waals surface area contributed by atoms with E-state index in [4.69, 9.17) is 0 Å². The summed E-state index contributed by atoms with van der Waals surface area (Å²) >= 11 is 3.63. The molecular weight excluding hydrogens is 480 g/mol. The Hall–Kier alpha value is -2.84. The van der Waals surface area contributed by atoms with Crippen LogP contribution >= 0.6 is 15.9 Å². The summed E-state index contributed by atoms with van der Waals surface area (Å²) in [6, 6.07) is 14.1. The lowest BCUT2D eigenvalue weighted by Crippen LogP contribution is -2.44. The second-order valence-corrected chi connectivity index (χ2v) is 9.82. The van der Waals surface area contributed by atoms with Gasteiger partial charge in [-0.05, 0) is 71.6 Å². The maximum atomic E-state index is 13.0. The van der Waals surface area contributed by atoms with Gasteiger partial charge in [-0.25, -0.2) is 4.79 Å². The van der Waals surface area contributed by atoms with Crippen LogP contribution in [0.5, 0.6) is 0 Å². The molecule has 1 aliphatic carbocycles. The maximum absolute atomic E-state index is 13.0. The van der Waals surface area contributed by atoms with Crippen LogP contribution in [0.1, 0.15) is 24.3 Å². The third-order valence-corrected chi connectivity index (χ3v) is 7.02. The number of halogens is 1. The number of piperazine rings is 1. The van der Waals surface area contributed by atoms with Gasteiger partial charge in [-0.3, -0.25) is 4.68 Å². The molecule has 5 rings (SSSR count). The number of likely N-dealkylation sites (N-methyl/N-ethyl adjacent to an activating group) is 1. The summed E-state index contributed by atoms with van der Waals surface area (Å²) in [4.78, 5) is 17.7. The van der Waals surface area contributed by atoms with Crippen molar-refractivity contribution >= 4 is 39.0 Å². The number of amides is 2. The molecule has 1 saturated carbocycles. The molecule has 2 N–H and O–H groups in total. The van der Waals surface area contributed by atoms with Crippen LogP contribution in [0.15, 0.2) is 53.1 Å². The van der Waals surface area contributed by atoms with E-state index in [9.17, 15) is 4.79 Å². The summed E-state index contributed by atoms with van der Waals surface area (Å²) in [6.07, 6.45) is 4.18. The first-order valence-corrected chi connectivity index (χ1v) is 12.2. The summed E-state index contributed by atoms with van der Waals surface area (Å²) in [7, 11) is 4.08. The Morgan fingerprint density at radius 2 is 1.79 bits per heavy atom. The van der Waals surface area contributed by atoms with Crippen molar-refractivity contribution in [2.45, 2.75) is 18.8 Å². The largest absolute Gasteiger partial charge is 0.369 e. The lowest BCUT2D eigenvalue weighted by molar-refractivity contribution is 0.262. The molecule has 2 heterocycles. The molecule has 172 valence electrons. The van der Waals surface area contributed by atoms with E-state index in [1.54, 1.807) is 6.20 Å². The Kier molecular flexibility index (Phi) is 6.12. The lowest BCUT2D eigenvalue weighted by atomic mass is 10.1. The van der Waals surface area contributed by atoms with Gasteiger partial charge >= 0.3 is 6.03 Å². The highest BCUT2D eigenvalue weighted by Gasteiger charge is 2.26. The molecule has 7 nitrogen and oxygen atoms in total. The summed E-state index contributed by atoms with van der Waals surface area (Å²) in [6.45, 7) is 3.93. The topological polar surface area (TPSA) is 65.4 Å². The maximum Gasteiger partial charge on any atom is 0.323 e. The number of nitrogens with zero attached hydrogens (tertiary/aromatic N) is 4. The highest BCUT2D eigenvalue weighted by atomic mass is 79.9. The lowest BCUT2D eigenvalue weighted by Gasteiger charge is -2.34. The van der Waals surface area contributed by atoms with Crippen molar-refractivity contribution in [3.8, 4) is 11.3 Å². The van der Waals surface area contributed by atoms with Gasteiger partial charge in [0, 0.05) is 55.9 Å². The van der Waals surface area contributed by atoms with Gasteiger partial charge in [0.15, 0.2) is 0 Å². The minimum Gasteiger partial charge on any atom is -0.369 e. The van der Waals surface area contributed by atoms with Crippen LogP contribution in [0.4, 0.5) is 21.9 Å². The zero-order valence-corrected chi connectivity index (χ0v) is 20.6. The van der Waals surface area contributed by atoms with Crippen molar-refractivity contribution in [3.63, 3.8) is 0 Å². The number of aromatic nitrogens is 2. The molecule has 0 radical (unpaired) electrons. The van der Waals surface area contributed by atoms with Crippen LogP contribution in [0, 0.1) is 0 Å². The van der Waals surface area contributed by atoms with Gasteiger partial charge in [-0.15, -0.1) is 0 Å². The van der Waals surface area contributed by atoms with E-state index in [0.717, 1.165) is 59.0 Å². The number of urea groups is 1. The molecule has 0 unspecified atom stereocenters. The minimum atomic E-state index is -0.228. The molecule has 0 bridgehead atoms.